The van der Waals surface area contributed by atoms with E-state index in [1.807, 2.05) is 19.1 Å². The van der Waals surface area contributed by atoms with Crippen LogP contribution in [0.15, 0.2) is 24.3 Å². The Labute approximate surface area is 72.8 Å². The molecular weight excluding hydrogens is 152 g/mol. The van der Waals surface area contributed by atoms with Crippen LogP contribution in [0.1, 0.15) is 12.5 Å². The van der Waals surface area contributed by atoms with E-state index < -0.39 is 0 Å². The molecule has 1 aromatic rings. The molecule has 0 aromatic heterocycles. The Morgan fingerprint density at radius 1 is 1.33 bits per heavy atom. The largest absolute Gasteiger partial charge is 0.508 e. The van der Waals surface area contributed by atoms with Gasteiger partial charge in [-0.15, -0.1) is 0 Å². The monoisotopic (exact) mass is 166 g/mol. The molecular formula is C10H14O2. The minimum atomic E-state index is 0.231. The SMILES string of the molecule is COC(C)Cc1ccc(O)cc1. The van der Waals surface area contributed by atoms with Crippen LogP contribution >= 0.6 is 0 Å². The zero-order valence-corrected chi connectivity index (χ0v) is 7.45. The van der Waals surface area contributed by atoms with Gasteiger partial charge in [0.15, 0.2) is 0 Å². The lowest BCUT2D eigenvalue weighted by atomic mass is 10.1. The van der Waals surface area contributed by atoms with Gasteiger partial charge in [0, 0.05) is 7.11 Å². The fourth-order valence-corrected chi connectivity index (χ4v) is 1.05. The van der Waals surface area contributed by atoms with Crippen molar-refractivity contribution in [1.29, 1.82) is 0 Å². The first kappa shape index (κ1) is 9.07. The highest BCUT2D eigenvalue weighted by atomic mass is 16.5. The maximum absolute atomic E-state index is 9.02. The molecule has 0 spiro atoms. The lowest BCUT2D eigenvalue weighted by Gasteiger charge is -2.08. The van der Waals surface area contributed by atoms with Crippen LogP contribution in [0.2, 0.25) is 0 Å². The third kappa shape index (κ3) is 2.55. The number of aromatic hydroxyl groups is 1. The minimum absolute atomic E-state index is 0.231. The molecule has 1 unspecified atom stereocenters. The molecule has 0 amide bonds. The molecule has 0 aliphatic rings. The van der Waals surface area contributed by atoms with Crippen LogP contribution in [0.5, 0.6) is 5.75 Å². The third-order valence-corrected chi connectivity index (χ3v) is 1.86. The number of rotatable bonds is 3. The van der Waals surface area contributed by atoms with Crippen LogP contribution in [-0.2, 0) is 11.2 Å². The predicted octanol–water partition coefficient (Wildman–Crippen LogP) is 1.97. The van der Waals surface area contributed by atoms with Gasteiger partial charge in [-0.1, -0.05) is 12.1 Å². The maximum atomic E-state index is 9.02. The van der Waals surface area contributed by atoms with Gasteiger partial charge >= 0.3 is 0 Å². The summed E-state index contributed by atoms with van der Waals surface area (Å²) in [6.45, 7) is 2.02. The summed E-state index contributed by atoms with van der Waals surface area (Å²) in [6.07, 6.45) is 1.12. The van der Waals surface area contributed by atoms with Crippen molar-refractivity contribution < 1.29 is 9.84 Å². The van der Waals surface area contributed by atoms with E-state index in [0.717, 1.165) is 6.42 Å². The van der Waals surface area contributed by atoms with Crippen LogP contribution < -0.4 is 0 Å². The summed E-state index contributed by atoms with van der Waals surface area (Å²) < 4.78 is 5.12. The molecule has 1 aromatic carbocycles. The molecule has 0 fully saturated rings. The third-order valence-electron chi connectivity index (χ3n) is 1.86. The first-order valence-corrected chi connectivity index (χ1v) is 4.03. The van der Waals surface area contributed by atoms with Gasteiger partial charge in [0.05, 0.1) is 6.10 Å². The first-order valence-electron chi connectivity index (χ1n) is 4.03. The van der Waals surface area contributed by atoms with Gasteiger partial charge in [-0.3, -0.25) is 0 Å². The minimum Gasteiger partial charge on any atom is -0.508 e. The number of hydrogen-bond donors (Lipinski definition) is 1. The second kappa shape index (κ2) is 4.12. The van der Waals surface area contributed by atoms with E-state index in [1.165, 1.54) is 5.56 Å². The van der Waals surface area contributed by atoms with Crippen LogP contribution in [0.25, 0.3) is 0 Å². The maximum Gasteiger partial charge on any atom is 0.115 e. The van der Waals surface area contributed by atoms with Crippen LogP contribution in [0.4, 0.5) is 0 Å². The highest BCUT2D eigenvalue weighted by Crippen LogP contribution is 2.11. The van der Waals surface area contributed by atoms with Crippen LogP contribution in [0, 0.1) is 0 Å². The van der Waals surface area contributed by atoms with E-state index in [0.29, 0.717) is 5.75 Å². The average molecular weight is 166 g/mol. The quantitative estimate of drug-likeness (QED) is 0.743. The van der Waals surface area contributed by atoms with E-state index in [2.05, 4.69) is 0 Å². The zero-order valence-electron chi connectivity index (χ0n) is 7.45. The summed E-state index contributed by atoms with van der Waals surface area (Å²) in [5.41, 5.74) is 1.18. The molecule has 0 radical (unpaired) electrons. The predicted molar refractivity (Wildman–Crippen MR) is 48.3 cm³/mol. The molecule has 0 bridgehead atoms. The first-order chi connectivity index (χ1) is 5.72. The Hall–Kier alpha value is -1.02. The Kier molecular flexibility index (Phi) is 3.11. The van der Waals surface area contributed by atoms with Gasteiger partial charge < -0.3 is 9.84 Å². The lowest BCUT2D eigenvalue weighted by Crippen LogP contribution is -2.08. The van der Waals surface area contributed by atoms with Crippen LogP contribution in [-0.4, -0.2) is 18.3 Å². The van der Waals surface area contributed by atoms with Gasteiger partial charge in [-0.2, -0.15) is 0 Å². The molecule has 1 rings (SSSR count). The number of hydrogen-bond acceptors (Lipinski definition) is 2. The van der Waals surface area contributed by atoms with Crippen molar-refractivity contribution in [3.8, 4) is 5.75 Å². The highest BCUT2D eigenvalue weighted by Gasteiger charge is 2.00. The standard InChI is InChI=1S/C10H14O2/c1-8(12-2)7-9-3-5-10(11)6-4-9/h3-6,8,11H,7H2,1-2H3. The Morgan fingerprint density at radius 3 is 2.42 bits per heavy atom. The van der Waals surface area contributed by atoms with Crippen molar-refractivity contribution in [3.05, 3.63) is 29.8 Å². The fourth-order valence-electron chi connectivity index (χ4n) is 1.05. The van der Waals surface area contributed by atoms with Crippen molar-refractivity contribution in [2.75, 3.05) is 7.11 Å². The Balaban J connectivity index is 2.58. The second-order valence-electron chi connectivity index (χ2n) is 2.92. The molecule has 2 nitrogen and oxygen atoms in total. The van der Waals surface area contributed by atoms with Crippen molar-refractivity contribution in [3.63, 3.8) is 0 Å². The molecule has 66 valence electrons. The molecule has 0 aliphatic carbocycles. The number of ether oxygens (including phenoxy) is 1. The molecule has 1 N–H and O–H groups in total. The molecule has 1 atom stereocenters. The second-order valence-corrected chi connectivity index (χ2v) is 2.92. The van der Waals surface area contributed by atoms with Crippen molar-refractivity contribution in [2.45, 2.75) is 19.4 Å². The highest BCUT2D eigenvalue weighted by molar-refractivity contribution is 5.26. The summed E-state index contributed by atoms with van der Waals surface area (Å²) in [5.74, 6) is 0.309. The van der Waals surface area contributed by atoms with Crippen molar-refractivity contribution in [2.24, 2.45) is 0 Å². The smallest absolute Gasteiger partial charge is 0.115 e. The molecule has 12 heavy (non-hydrogen) atoms. The summed E-state index contributed by atoms with van der Waals surface area (Å²) in [7, 11) is 1.70. The van der Waals surface area contributed by atoms with Crippen molar-refractivity contribution >= 4 is 0 Å². The zero-order chi connectivity index (χ0) is 8.97. The van der Waals surface area contributed by atoms with E-state index >= 15 is 0 Å². The molecule has 0 heterocycles. The number of phenols is 1. The summed E-state index contributed by atoms with van der Waals surface area (Å²) in [4.78, 5) is 0. The van der Waals surface area contributed by atoms with Gasteiger partial charge in [0.2, 0.25) is 0 Å². The van der Waals surface area contributed by atoms with E-state index in [9.17, 15) is 0 Å². The van der Waals surface area contributed by atoms with E-state index in [1.54, 1.807) is 19.2 Å². The normalized spacial score (nSPS) is 12.8. The number of benzene rings is 1. The topological polar surface area (TPSA) is 29.5 Å². The Bertz CT molecular complexity index is 228. The lowest BCUT2D eigenvalue weighted by molar-refractivity contribution is 0.119. The van der Waals surface area contributed by atoms with E-state index in [4.69, 9.17) is 9.84 Å². The molecule has 0 saturated heterocycles. The fraction of sp³-hybridized carbons (Fsp3) is 0.400. The van der Waals surface area contributed by atoms with Gasteiger partial charge in [0.25, 0.3) is 0 Å². The molecule has 0 saturated carbocycles. The van der Waals surface area contributed by atoms with E-state index in [-0.39, 0.29) is 6.10 Å². The number of methoxy groups -OCH3 is 1. The molecule has 0 aliphatic heterocycles. The average Bonchev–Trinajstić information content (AvgIpc) is 2.09. The van der Waals surface area contributed by atoms with Gasteiger partial charge in [0.1, 0.15) is 5.75 Å². The Morgan fingerprint density at radius 2 is 1.92 bits per heavy atom. The molecule has 2 heteroatoms. The number of phenolic OH excluding ortho intramolecular Hbond substituents is 1. The van der Waals surface area contributed by atoms with Gasteiger partial charge in [-0.25, -0.2) is 0 Å². The summed E-state index contributed by atoms with van der Waals surface area (Å²) >= 11 is 0. The van der Waals surface area contributed by atoms with Crippen molar-refractivity contribution in [1.82, 2.24) is 0 Å². The van der Waals surface area contributed by atoms with Gasteiger partial charge in [-0.05, 0) is 31.0 Å². The van der Waals surface area contributed by atoms with Crippen LogP contribution in [0.3, 0.4) is 0 Å². The summed E-state index contributed by atoms with van der Waals surface area (Å²) in [5, 5.41) is 9.02. The summed E-state index contributed by atoms with van der Waals surface area (Å²) in [6, 6.07) is 7.20.